The van der Waals surface area contributed by atoms with Crippen molar-refractivity contribution in [1.29, 1.82) is 0 Å². The van der Waals surface area contributed by atoms with E-state index < -0.39 is 0 Å². The van der Waals surface area contributed by atoms with E-state index in [-0.39, 0.29) is 12.0 Å². The van der Waals surface area contributed by atoms with Crippen molar-refractivity contribution in [2.75, 3.05) is 33.3 Å². The van der Waals surface area contributed by atoms with Gasteiger partial charge in [-0.25, -0.2) is 0 Å². The van der Waals surface area contributed by atoms with Crippen LogP contribution in [0.2, 0.25) is 0 Å². The molecule has 1 aliphatic heterocycles. The SMILES string of the molecule is CNCC1CN(C(=O)CCc2ccccc2C)CCO1. The lowest BCUT2D eigenvalue weighted by molar-refractivity contribution is -0.138. The molecule has 0 aromatic heterocycles. The van der Waals surface area contributed by atoms with Crippen molar-refractivity contribution in [3.05, 3.63) is 35.4 Å². The van der Waals surface area contributed by atoms with E-state index in [0.717, 1.165) is 13.0 Å². The highest BCUT2D eigenvalue weighted by molar-refractivity contribution is 5.76. The standard InChI is InChI=1S/C16H24N2O2/c1-13-5-3-4-6-14(13)7-8-16(19)18-9-10-20-15(12-18)11-17-2/h3-6,15,17H,7-12H2,1-2H3. The smallest absolute Gasteiger partial charge is 0.223 e. The molecule has 0 radical (unpaired) electrons. The van der Waals surface area contributed by atoms with Crippen LogP contribution in [-0.4, -0.2) is 50.2 Å². The van der Waals surface area contributed by atoms with Crippen LogP contribution in [0.4, 0.5) is 0 Å². The predicted octanol–water partition coefficient (Wildman–Crippen LogP) is 1.37. The minimum atomic E-state index is 0.121. The Labute approximate surface area is 121 Å². The van der Waals surface area contributed by atoms with E-state index in [1.54, 1.807) is 0 Å². The van der Waals surface area contributed by atoms with Gasteiger partial charge in [0.1, 0.15) is 0 Å². The second kappa shape index (κ2) is 7.41. The molecule has 0 bridgehead atoms. The Bertz CT molecular complexity index is 446. The van der Waals surface area contributed by atoms with Crippen LogP contribution < -0.4 is 5.32 Å². The number of hydrogen-bond donors (Lipinski definition) is 1. The summed E-state index contributed by atoms with van der Waals surface area (Å²) in [6.45, 7) is 4.95. The van der Waals surface area contributed by atoms with Gasteiger partial charge in [-0.2, -0.15) is 0 Å². The summed E-state index contributed by atoms with van der Waals surface area (Å²) in [6, 6.07) is 8.26. The van der Waals surface area contributed by atoms with E-state index >= 15 is 0 Å². The molecule has 2 rings (SSSR count). The third-order valence-corrected chi connectivity index (χ3v) is 3.79. The number of carbonyl (C=O) groups is 1. The fourth-order valence-electron chi connectivity index (χ4n) is 2.59. The first kappa shape index (κ1) is 15.0. The molecule has 0 aliphatic carbocycles. The number of hydrogen-bond acceptors (Lipinski definition) is 3. The summed E-state index contributed by atoms with van der Waals surface area (Å²) in [7, 11) is 1.91. The second-order valence-electron chi connectivity index (χ2n) is 5.32. The van der Waals surface area contributed by atoms with Gasteiger partial charge in [0, 0.05) is 26.1 Å². The monoisotopic (exact) mass is 276 g/mol. The molecule has 4 heteroatoms. The van der Waals surface area contributed by atoms with Gasteiger partial charge in [-0.15, -0.1) is 0 Å². The van der Waals surface area contributed by atoms with Crippen LogP contribution in [0, 0.1) is 6.92 Å². The lowest BCUT2D eigenvalue weighted by Crippen LogP contribution is -2.48. The number of rotatable bonds is 5. The lowest BCUT2D eigenvalue weighted by atomic mass is 10.0. The first-order valence-electron chi connectivity index (χ1n) is 7.29. The van der Waals surface area contributed by atoms with Gasteiger partial charge in [-0.1, -0.05) is 24.3 Å². The summed E-state index contributed by atoms with van der Waals surface area (Å²) in [6.07, 6.45) is 1.52. The third kappa shape index (κ3) is 4.05. The number of carbonyl (C=O) groups excluding carboxylic acids is 1. The number of benzene rings is 1. The van der Waals surface area contributed by atoms with Gasteiger partial charge in [0.05, 0.1) is 12.7 Å². The first-order chi connectivity index (χ1) is 9.70. The van der Waals surface area contributed by atoms with Crippen molar-refractivity contribution < 1.29 is 9.53 Å². The van der Waals surface area contributed by atoms with Crippen molar-refractivity contribution in [1.82, 2.24) is 10.2 Å². The molecule has 1 atom stereocenters. The van der Waals surface area contributed by atoms with Crippen LogP contribution in [0.3, 0.4) is 0 Å². The molecule has 110 valence electrons. The van der Waals surface area contributed by atoms with Gasteiger partial charge in [-0.3, -0.25) is 4.79 Å². The normalized spacial score (nSPS) is 19.1. The molecule has 1 amide bonds. The van der Waals surface area contributed by atoms with Gasteiger partial charge in [0.15, 0.2) is 0 Å². The molecule has 1 unspecified atom stereocenters. The Kier molecular flexibility index (Phi) is 5.56. The van der Waals surface area contributed by atoms with Crippen LogP contribution in [-0.2, 0) is 16.0 Å². The van der Waals surface area contributed by atoms with Gasteiger partial charge in [-0.05, 0) is 31.5 Å². The van der Waals surface area contributed by atoms with E-state index in [0.29, 0.717) is 26.1 Å². The largest absolute Gasteiger partial charge is 0.373 e. The maximum absolute atomic E-state index is 12.3. The number of aryl methyl sites for hydroxylation is 2. The van der Waals surface area contributed by atoms with Gasteiger partial charge in [0.25, 0.3) is 0 Å². The number of nitrogens with zero attached hydrogens (tertiary/aromatic N) is 1. The second-order valence-corrected chi connectivity index (χ2v) is 5.32. The predicted molar refractivity (Wildman–Crippen MR) is 79.7 cm³/mol. The summed E-state index contributed by atoms with van der Waals surface area (Å²) in [5.74, 6) is 0.234. The van der Waals surface area contributed by atoms with Crippen LogP contribution in [0.15, 0.2) is 24.3 Å². The van der Waals surface area contributed by atoms with E-state index in [9.17, 15) is 4.79 Å². The van der Waals surface area contributed by atoms with Crippen molar-refractivity contribution in [3.63, 3.8) is 0 Å². The summed E-state index contributed by atoms with van der Waals surface area (Å²) < 4.78 is 5.62. The van der Waals surface area contributed by atoms with Crippen LogP contribution in [0.5, 0.6) is 0 Å². The molecule has 0 spiro atoms. The average Bonchev–Trinajstić information content (AvgIpc) is 2.47. The van der Waals surface area contributed by atoms with Crippen molar-refractivity contribution in [2.24, 2.45) is 0 Å². The zero-order valence-electron chi connectivity index (χ0n) is 12.4. The van der Waals surface area contributed by atoms with E-state index in [2.05, 4.69) is 24.4 Å². The molecule has 1 aliphatic rings. The fourth-order valence-corrected chi connectivity index (χ4v) is 2.59. The molecule has 0 saturated carbocycles. The lowest BCUT2D eigenvalue weighted by Gasteiger charge is -2.33. The summed E-state index contributed by atoms with van der Waals surface area (Å²) in [5, 5.41) is 3.10. The topological polar surface area (TPSA) is 41.6 Å². The zero-order valence-corrected chi connectivity index (χ0v) is 12.4. The Morgan fingerprint density at radius 2 is 2.25 bits per heavy atom. The van der Waals surface area contributed by atoms with Crippen molar-refractivity contribution in [2.45, 2.75) is 25.9 Å². The summed E-state index contributed by atoms with van der Waals surface area (Å²) in [5.41, 5.74) is 2.52. The van der Waals surface area contributed by atoms with E-state index in [4.69, 9.17) is 4.74 Å². The highest BCUT2D eigenvalue weighted by atomic mass is 16.5. The Morgan fingerprint density at radius 1 is 1.45 bits per heavy atom. The number of likely N-dealkylation sites (N-methyl/N-ethyl adjacent to an activating group) is 1. The molecular weight excluding hydrogens is 252 g/mol. The molecule has 1 N–H and O–H groups in total. The van der Waals surface area contributed by atoms with Gasteiger partial charge >= 0.3 is 0 Å². The zero-order chi connectivity index (χ0) is 14.4. The van der Waals surface area contributed by atoms with Crippen molar-refractivity contribution >= 4 is 5.91 Å². The molecule has 20 heavy (non-hydrogen) atoms. The highest BCUT2D eigenvalue weighted by Gasteiger charge is 2.23. The molecule has 1 fully saturated rings. The Hall–Kier alpha value is -1.39. The number of morpholine rings is 1. The molecule has 1 aromatic rings. The maximum atomic E-state index is 12.3. The molecule has 1 heterocycles. The third-order valence-electron chi connectivity index (χ3n) is 3.79. The number of ether oxygens (including phenoxy) is 1. The molecule has 1 saturated heterocycles. The Morgan fingerprint density at radius 3 is 3.00 bits per heavy atom. The molecule has 1 aromatic carbocycles. The van der Waals surface area contributed by atoms with Crippen LogP contribution in [0.25, 0.3) is 0 Å². The van der Waals surface area contributed by atoms with Gasteiger partial charge < -0.3 is 15.0 Å². The van der Waals surface area contributed by atoms with E-state index in [1.165, 1.54) is 11.1 Å². The minimum Gasteiger partial charge on any atom is -0.373 e. The number of amides is 1. The fraction of sp³-hybridized carbons (Fsp3) is 0.562. The quantitative estimate of drug-likeness (QED) is 0.883. The van der Waals surface area contributed by atoms with Crippen LogP contribution in [0.1, 0.15) is 17.5 Å². The Balaban J connectivity index is 1.84. The maximum Gasteiger partial charge on any atom is 0.223 e. The average molecular weight is 276 g/mol. The van der Waals surface area contributed by atoms with Gasteiger partial charge in [0.2, 0.25) is 5.91 Å². The highest BCUT2D eigenvalue weighted by Crippen LogP contribution is 2.12. The summed E-state index contributed by atoms with van der Waals surface area (Å²) in [4.78, 5) is 14.2. The number of nitrogens with one attached hydrogen (secondary N) is 1. The van der Waals surface area contributed by atoms with Crippen LogP contribution >= 0.6 is 0 Å². The minimum absolute atomic E-state index is 0.121. The molecular formula is C16H24N2O2. The first-order valence-corrected chi connectivity index (χ1v) is 7.29. The van der Waals surface area contributed by atoms with Crippen molar-refractivity contribution in [3.8, 4) is 0 Å². The summed E-state index contributed by atoms with van der Waals surface area (Å²) >= 11 is 0. The molecule has 4 nitrogen and oxygen atoms in total. The van der Waals surface area contributed by atoms with E-state index in [1.807, 2.05) is 24.1 Å².